The summed E-state index contributed by atoms with van der Waals surface area (Å²) in [7, 11) is 0. The molecule has 0 heterocycles. The Bertz CT molecular complexity index is 355. The lowest BCUT2D eigenvalue weighted by atomic mass is 10.1. The molecule has 1 aromatic carbocycles. The molecule has 0 aliphatic heterocycles. The smallest absolute Gasteiger partial charge is 0.315 e. The second-order valence-corrected chi connectivity index (χ2v) is 4.37. The number of esters is 1. The minimum Gasteiger partial charge on any atom is -0.435 e. The molecule has 0 saturated heterocycles. The SMILES string of the molecule is CCCCCCC=COC(=O)Cc1ccccc1. The van der Waals surface area contributed by atoms with Crippen molar-refractivity contribution in [1.82, 2.24) is 0 Å². The molecule has 1 rings (SSSR count). The second-order valence-electron chi connectivity index (χ2n) is 4.37. The number of hydrogen-bond acceptors (Lipinski definition) is 2. The summed E-state index contributed by atoms with van der Waals surface area (Å²) in [4.78, 5) is 11.5. The highest BCUT2D eigenvalue weighted by atomic mass is 16.5. The van der Waals surface area contributed by atoms with Crippen LogP contribution in [0.25, 0.3) is 0 Å². The molecular weight excluding hydrogens is 224 g/mol. The van der Waals surface area contributed by atoms with Crippen molar-refractivity contribution in [3.8, 4) is 0 Å². The van der Waals surface area contributed by atoms with Crippen molar-refractivity contribution < 1.29 is 9.53 Å². The summed E-state index contributed by atoms with van der Waals surface area (Å²) in [6.07, 6.45) is 9.71. The van der Waals surface area contributed by atoms with Gasteiger partial charge in [0.15, 0.2) is 0 Å². The number of carbonyl (C=O) groups is 1. The van der Waals surface area contributed by atoms with Crippen LogP contribution in [0.15, 0.2) is 42.7 Å². The van der Waals surface area contributed by atoms with Crippen LogP contribution in [0.2, 0.25) is 0 Å². The fraction of sp³-hybridized carbons (Fsp3) is 0.438. The zero-order valence-electron chi connectivity index (χ0n) is 11.1. The Kier molecular flexibility index (Phi) is 7.61. The summed E-state index contributed by atoms with van der Waals surface area (Å²) in [5.41, 5.74) is 0.985. The second kappa shape index (κ2) is 9.46. The average Bonchev–Trinajstić information content (AvgIpc) is 2.39. The predicted molar refractivity (Wildman–Crippen MR) is 74.1 cm³/mol. The largest absolute Gasteiger partial charge is 0.435 e. The summed E-state index contributed by atoms with van der Waals surface area (Å²) in [6.45, 7) is 2.20. The highest BCUT2D eigenvalue weighted by molar-refractivity contribution is 5.73. The molecule has 0 radical (unpaired) electrons. The van der Waals surface area contributed by atoms with E-state index in [0.717, 1.165) is 12.0 Å². The molecule has 0 atom stereocenters. The number of rotatable bonds is 8. The predicted octanol–water partition coefficient (Wildman–Crippen LogP) is 4.26. The van der Waals surface area contributed by atoms with Crippen LogP contribution in [-0.4, -0.2) is 5.97 Å². The lowest BCUT2D eigenvalue weighted by Crippen LogP contribution is -2.03. The fourth-order valence-corrected chi connectivity index (χ4v) is 1.69. The third-order valence-electron chi connectivity index (χ3n) is 2.71. The van der Waals surface area contributed by atoms with E-state index in [1.165, 1.54) is 31.9 Å². The molecule has 0 aliphatic carbocycles. The number of hydrogen-bond donors (Lipinski definition) is 0. The maximum Gasteiger partial charge on any atom is 0.315 e. The van der Waals surface area contributed by atoms with Crippen LogP contribution < -0.4 is 0 Å². The maximum atomic E-state index is 11.5. The van der Waals surface area contributed by atoms with Crippen LogP contribution >= 0.6 is 0 Å². The van der Waals surface area contributed by atoms with Crippen LogP contribution in [0.5, 0.6) is 0 Å². The number of benzene rings is 1. The molecule has 0 spiro atoms. The van der Waals surface area contributed by atoms with Gasteiger partial charge in [-0.25, -0.2) is 0 Å². The lowest BCUT2D eigenvalue weighted by molar-refractivity contribution is -0.137. The standard InChI is InChI=1S/C16H22O2/c1-2-3-4-5-6-10-13-18-16(17)14-15-11-8-7-9-12-15/h7-13H,2-6,14H2,1H3. The topological polar surface area (TPSA) is 26.3 Å². The van der Waals surface area contributed by atoms with Crippen molar-refractivity contribution in [2.45, 2.75) is 45.4 Å². The first-order valence-electron chi connectivity index (χ1n) is 6.71. The summed E-state index contributed by atoms with van der Waals surface area (Å²) >= 11 is 0. The first-order valence-corrected chi connectivity index (χ1v) is 6.71. The van der Waals surface area contributed by atoms with Gasteiger partial charge in [0, 0.05) is 0 Å². The Hall–Kier alpha value is -1.57. The van der Waals surface area contributed by atoms with E-state index in [4.69, 9.17) is 4.74 Å². The van der Waals surface area contributed by atoms with Crippen molar-refractivity contribution in [1.29, 1.82) is 0 Å². The van der Waals surface area contributed by atoms with Crippen molar-refractivity contribution in [3.63, 3.8) is 0 Å². The monoisotopic (exact) mass is 246 g/mol. The van der Waals surface area contributed by atoms with Crippen LogP contribution in [-0.2, 0) is 16.0 Å². The minimum absolute atomic E-state index is 0.203. The molecule has 0 fully saturated rings. The summed E-state index contributed by atoms with van der Waals surface area (Å²) in [5, 5.41) is 0. The maximum absolute atomic E-state index is 11.5. The molecule has 0 aromatic heterocycles. The number of ether oxygens (including phenoxy) is 1. The fourth-order valence-electron chi connectivity index (χ4n) is 1.69. The third kappa shape index (κ3) is 6.89. The van der Waals surface area contributed by atoms with Gasteiger partial charge in [-0.3, -0.25) is 4.79 Å². The highest BCUT2D eigenvalue weighted by Gasteiger charge is 2.01. The Morgan fingerprint density at radius 2 is 1.94 bits per heavy atom. The van der Waals surface area contributed by atoms with Gasteiger partial charge in [-0.2, -0.15) is 0 Å². The molecule has 2 heteroatoms. The van der Waals surface area contributed by atoms with E-state index in [2.05, 4.69) is 6.92 Å². The molecular formula is C16H22O2. The van der Waals surface area contributed by atoms with Crippen LogP contribution in [0.3, 0.4) is 0 Å². The van der Waals surface area contributed by atoms with E-state index in [1.54, 1.807) is 0 Å². The zero-order chi connectivity index (χ0) is 13.1. The van der Waals surface area contributed by atoms with E-state index < -0.39 is 0 Å². The Labute approximate surface area is 110 Å². The summed E-state index contributed by atoms with van der Waals surface area (Å²) < 4.78 is 5.03. The number of carbonyl (C=O) groups excluding carboxylic acids is 1. The van der Waals surface area contributed by atoms with Crippen LogP contribution in [0.4, 0.5) is 0 Å². The molecule has 0 amide bonds. The number of allylic oxidation sites excluding steroid dienone is 1. The zero-order valence-corrected chi connectivity index (χ0v) is 11.1. The lowest BCUT2D eigenvalue weighted by Gasteiger charge is -1.99. The van der Waals surface area contributed by atoms with Gasteiger partial charge < -0.3 is 4.74 Å². The van der Waals surface area contributed by atoms with E-state index in [0.29, 0.717) is 6.42 Å². The molecule has 98 valence electrons. The van der Waals surface area contributed by atoms with Gasteiger partial charge in [0.05, 0.1) is 12.7 Å². The van der Waals surface area contributed by atoms with Crippen molar-refractivity contribution in [3.05, 3.63) is 48.2 Å². The molecule has 1 aromatic rings. The van der Waals surface area contributed by atoms with Gasteiger partial charge in [-0.15, -0.1) is 0 Å². The van der Waals surface area contributed by atoms with E-state index >= 15 is 0 Å². The molecule has 0 N–H and O–H groups in total. The highest BCUT2D eigenvalue weighted by Crippen LogP contribution is 2.04. The van der Waals surface area contributed by atoms with Gasteiger partial charge >= 0.3 is 5.97 Å². The van der Waals surface area contributed by atoms with Crippen molar-refractivity contribution in [2.75, 3.05) is 0 Å². The average molecular weight is 246 g/mol. The molecule has 18 heavy (non-hydrogen) atoms. The normalized spacial score (nSPS) is 10.7. The first-order chi connectivity index (χ1) is 8.83. The Morgan fingerprint density at radius 1 is 1.17 bits per heavy atom. The van der Waals surface area contributed by atoms with Gasteiger partial charge in [0.25, 0.3) is 0 Å². The Balaban J connectivity index is 2.11. The summed E-state index contributed by atoms with van der Waals surface area (Å²) in [6, 6.07) is 9.63. The molecule has 0 unspecified atom stereocenters. The third-order valence-corrected chi connectivity index (χ3v) is 2.71. The van der Waals surface area contributed by atoms with E-state index in [1.807, 2.05) is 36.4 Å². The molecule has 2 nitrogen and oxygen atoms in total. The quantitative estimate of drug-likeness (QED) is 0.389. The number of unbranched alkanes of at least 4 members (excludes halogenated alkanes) is 4. The van der Waals surface area contributed by atoms with Crippen LogP contribution in [0, 0.1) is 0 Å². The van der Waals surface area contributed by atoms with Gasteiger partial charge in [-0.1, -0.05) is 56.5 Å². The molecule has 0 bridgehead atoms. The summed E-state index contributed by atoms with van der Waals surface area (Å²) in [5.74, 6) is -0.203. The van der Waals surface area contributed by atoms with Crippen molar-refractivity contribution >= 4 is 5.97 Å². The van der Waals surface area contributed by atoms with E-state index in [9.17, 15) is 4.79 Å². The van der Waals surface area contributed by atoms with E-state index in [-0.39, 0.29) is 5.97 Å². The van der Waals surface area contributed by atoms with Gasteiger partial charge in [0.1, 0.15) is 0 Å². The molecule has 0 aliphatic rings. The molecule has 0 saturated carbocycles. The van der Waals surface area contributed by atoms with Crippen molar-refractivity contribution in [2.24, 2.45) is 0 Å². The van der Waals surface area contributed by atoms with Gasteiger partial charge in [0.2, 0.25) is 0 Å². The van der Waals surface area contributed by atoms with Crippen LogP contribution in [0.1, 0.15) is 44.6 Å². The minimum atomic E-state index is -0.203. The Morgan fingerprint density at radius 3 is 2.67 bits per heavy atom. The van der Waals surface area contributed by atoms with Gasteiger partial charge in [-0.05, 0) is 24.5 Å². The first kappa shape index (κ1) is 14.5.